The van der Waals surface area contributed by atoms with Gasteiger partial charge in [-0.1, -0.05) is 25.5 Å². The van der Waals surface area contributed by atoms with Gasteiger partial charge in [-0.05, 0) is 24.6 Å². The van der Waals surface area contributed by atoms with E-state index in [0.717, 1.165) is 12.8 Å². The van der Waals surface area contributed by atoms with Crippen molar-refractivity contribution in [1.29, 1.82) is 0 Å². The van der Waals surface area contributed by atoms with Gasteiger partial charge in [-0.15, -0.1) is 0 Å². The topological polar surface area (TPSA) is 75.3 Å². The summed E-state index contributed by atoms with van der Waals surface area (Å²) in [6.07, 6.45) is 1.71. The summed E-state index contributed by atoms with van der Waals surface area (Å²) < 4.78 is 27.5. The molecule has 0 bridgehead atoms. The van der Waals surface area contributed by atoms with Gasteiger partial charge in [0.2, 0.25) is 10.0 Å². The molecule has 110 valence electrons. The number of unbranched alkanes of at least 4 members (excludes halogenated alkanes) is 1. The molecule has 0 atom stereocenters. The molecule has 1 amide bonds. The number of rotatable bonds is 5. The lowest BCUT2D eigenvalue weighted by Gasteiger charge is -2.10. The molecule has 0 saturated heterocycles. The van der Waals surface area contributed by atoms with Crippen molar-refractivity contribution >= 4 is 32.4 Å². The Hall–Kier alpha value is -1.92. The smallest absolute Gasteiger partial charge is 0.256 e. The van der Waals surface area contributed by atoms with Crippen molar-refractivity contribution in [2.45, 2.75) is 24.7 Å². The summed E-state index contributed by atoms with van der Waals surface area (Å²) in [5.74, 6) is -0.191. The summed E-state index contributed by atoms with van der Waals surface area (Å²) in [6.45, 7) is 2.42. The second kappa shape index (κ2) is 5.13. The standard InChI is InChI=1S/C15H16N2O3S/c1-2-3-9-16-21(19,20)13-8-7-12-14-10(13)5-4-6-11(14)15(18)17-12/h4-8,16H,2-3,9H2,1H3,(H,17,18). The Balaban J connectivity index is 2.14. The van der Waals surface area contributed by atoms with E-state index in [0.29, 0.717) is 28.6 Å². The van der Waals surface area contributed by atoms with Gasteiger partial charge in [-0.2, -0.15) is 0 Å². The molecule has 0 radical (unpaired) electrons. The summed E-state index contributed by atoms with van der Waals surface area (Å²) in [5, 5.41) is 4.01. The van der Waals surface area contributed by atoms with Crippen LogP contribution in [0.15, 0.2) is 35.2 Å². The van der Waals surface area contributed by atoms with Gasteiger partial charge < -0.3 is 5.32 Å². The number of sulfonamides is 1. The molecule has 1 heterocycles. The highest BCUT2D eigenvalue weighted by Gasteiger charge is 2.25. The van der Waals surface area contributed by atoms with Crippen LogP contribution in [0.5, 0.6) is 0 Å². The van der Waals surface area contributed by atoms with Crippen molar-refractivity contribution in [2.75, 3.05) is 11.9 Å². The molecule has 6 heteroatoms. The van der Waals surface area contributed by atoms with Crippen LogP contribution in [0.3, 0.4) is 0 Å². The zero-order chi connectivity index (χ0) is 15.0. The summed E-state index contributed by atoms with van der Waals surface area (Å²) in [5.41, 5.74) is 1.19. The van der Waals surface area contributed by atoms with Gasteiger partial charge in [0.05, 0.1) is 4.90 Å². The van der Waals surface area contributed by atoms with Gasteiger partial charge in [0.25, 0.3) is 5.91 Å². The van der Waals surface area contributed by atoms with E-state index in [4.69, 9.17) is 0 Å². The van der Waals surface area contributed by atoms with Crippen LogP contribution in [-0.2, 0) is 10.0 Å². The number of hydrogen-bond donors (Lipinski definition) is 2. The SMILES string of the molecule is CCCCNS(=O)(=O)c1ccc2c3c(cccc13)C(=O)N2. The highest BCUT2D eigenvalue weighted by molar-refractivity contribution is 7.89. The number of anilines is 1. The molecule has 2 N–H and O–H groups in total. The van der Waals surface area contributed by atoms with Crippen LogP contribution in [0.1, 0.15) is 30.1 Å². The number of nitrogens with one attached hydrogen (secondary N) is 2. The van der Waals surface area contributed by atoms with Crippen LogP contribution >= 0.6 is 0 Å². The maximum Gasteiger partial charge on any atom is 0.256 e. The first-order chi connectivity index (χ1) is 10.0. The van der Waals surface area contributed by atoms with E-state index in [1.54, 1.807) is 30.3 Å². The van der Waals surface area contributed by atoms with Gasteiger partial charge in [-0.25, -0.2) is 13.1 Å². The van der Waals surface area contributed by atoms with E-state index in [1.165, 1.54) is 0 Å². The Kier molecular flexibility index (Phi) is 3.43. The highest BCUT2D eigenvalue weighted by Crippen LogP contribution is 2.36. The van der Waals surface area contributed by atoms with E-state index in [1.807, 2.05) is 6.92 Å². The number of carbonyl (C=O) groups excluding carboxylic acids is 1. The predicted molar refractivity (Wildman–Crippen MR) is 82.0 cm³/mol. The lowest BCUT2D eigenvalue weighted by Crippen LogP contribution is -2.24. The zero-order valence-corrected chi connectivity index (χ0v) is 12.5. The van der Waals surface area contributed by atoms with E-state index in [-0.39, 0.29) is 10.8 Å². The first-order valence-electron chi connectivity index (χ1n) is 6.91. The fourth-order valence-electron chi connectivity index (χ4n) is 2.56. The van der Waals surface area contributed by atoms with E-state index < -0.39 is 10.0 Å². The first kappa shape index (κ1) is 14.0. The zero-order valence-electron chi connectivity index (χ0n) is 11.6. The van der Waals surface area contributed by atoms with Gasteiger partial charge in [0.15, 0.2) is 0 Å². The second-order valence-electron chi connectivity index (χ2n) is 5.04. The molecule has 1 aliphatic heterocycles. The molecule has 21 heavy (non-hydrogen) atoms. The maximum atomic E-state index is 12.4. The van der Waals surface area contributed by atoms with E-state index in [2.05, 4.69) is 10.0 Å². The average molecular weight is 304 g/mol. The number of carbonyl (C=O) groups is 1. The Morgan fingerprint density at radius 1 is 1.19 bits per heavy atom. The molecule has 3 rings (SSSR count). The molecular formula is C15H16N2O3S. The highest BCUT2D eigenvalue weighted by atomic mass is 32.2. The summed E-state index contributed by atoms with van der Waals surface area (Å²) >= 11 is 0. The van der Waals surface area contributed by atoms with Crippen LogP contribution in [0.4, 0.5) is 5.69 Å². The van der Waals surface area contributed by atoms with Crippen molar-refractivity contribution in [3.63, 3.8) is 0 Å². The third kappa shape index (κ3) is 2.30. The van der Waals surface area contributed by atoms with Gasteiger partial charge in [0, 0.05) is 28.6 Å². The maximum absolute atomic E-state index is 12.4. The fourth-order valence-corrected chi connectivity index (χ4v) is 3.83. The minimum absolute atomic E-state index is 0.191. The third-order valence-electron chi connectivity index (χ3n) is 3.61. The third-order valence-corrected chi connectivity index (χ3v) is 5.12. The molecule has 2 aromatic rings. The van der Waals surface area contributed by atoms with Gasteiger partial charge in [0.1, 0.15) is 0 Å². The molecule has 0 aliphatic carbocycles. The molecule has 1 aliphatic rings. The normalized spacial score (nSPS) is 13.7. The Labute approximate surface area is 123 Å². The van der Waals surface area contributed by atoms with E-state index >= 15 is 0 Å². The Morgan fingerprint density at radius 2 is 2.00 bits per heavy atom. The molecule has 0 saturated carbocycles. The first-order valence-corrected chi connectivity index (χ1v) is 8.39. The monoisotopic (exact) mass is 304 g/mol. The van der Waals surface area contributed by atoms with Crippen LogP contribution in [0.2, 0.25) is 0 Å². The molecular weight excluding hydrogens is 288 g/mol. The molecule has 0 unspecified atom stereocenters. The van der Waals surface area contributed by atoms with Gasteiger partial charge >= 0.3 is 0 Å². The van der Waals surface area contributed by atoms with Crippen LogP contribution in [0, 0.1) is 0 Å². The Bertz CT molecular complexity index is 828. The fraction of sp³-hybridized carbons (Fsp3) is 0.267. The predicted octanol–water partition coefficient (Wildman–Crippen LogP) is 2.48. The van der Waals surface area contributed by atoms with E-state index in [9.17, 15) is 13.2 Å². The molecule has 0 aromatic heterocycles. The minimum Gasteiger partial charge on any atom is -0.321 e. The van der Waals surface area contributed by atoms with Crippen molar-refractivity contribution < 1.29 is 13.2 Å². The largest absolute Gasteiger partial charge is 0.321 e. The molecule has 2 aromatic carbocycles. The summed E-state index contributed by atoms with van der Waals surface area (Å²) in [6, 6.07) is 8.33. The van der Waals surface area contributed by atoms with Crippen molar-refractivity contribution in [1.82, 2.24) is 4.72 Å². The summed E-state index contributed by atoms with van der Waals surface area (Å²) in [4.78, 5) is 12.1. The number of amides is 1. The van der Waals surface area contributed by atoms with Crippen molar-refractivity contribution in [3.8, 4) is 0 Å². The van der Waals surface area contributed by atoms with Crippen LogP contribution in [-0.4, -0.2) is 20.9 Å². The van der Waals surface area contributed by atoms with Crippen molar-refractivity contribution in [2.24, 2.45) is 0 Å². The lowest BCUT2D eigenvalue weighted by atomic mass is 10.1. The van der Waals surface area contributed by atoms with Gasteiger partial charge in [-0.3, -0.25) is 4.79 Å². The number of hydrogen-bond acceptors (Lipinski definition) is 3. The average Bonchev–Trinajstić information content (AvgIpc) is 2.78. The molecule has 0 spiro atoms. The molecule has 0 fully saturated rings. The Morgan fingerprint density at radius 3 is 2.76 bits per heavy atom. The van der Waals surface area contributed by atoms with Crippen LogP contribution in [0.25, 0.3) is 10.8 Å². The molecule has 5 nitrogen and oxygen atoms in total. The quantitative estimate of drug-likeness (QED) is 0.833. The van der Waals surface area contributed by atoms with Crippen molar-refractivity contribution in [3.05, 3.63) is 35.9 Å². The van der Waals surface area contributed by atoms with Crippen LogP contribution < -0.4 is 10.0 Å². The number of benzene rings is 2. The lowest BCUT2D eigenvalue weighted by molar-refractivity contribution is 0.103. The second-order valence-corrected chi connectivity index (χ2v) is 6.78. The summed E-state index contributed by atoms with van der Waals surface area (Å²) in [7, 11) is -3.57. The minimum atomic E-state index is -3.57.